The molecule has 0 aromatic heterocycles. The molecule has 2 N–H and O–H groups in total. The van der Waals surface area contributed by atoms with Crippen LogP contribution in [0.3, 0.4) is 0 Å². The smallest absolute Gasteiger partial charge is 0.311 e. The molecule has 7 nitrogen and oxygen atoms in total. The van der Waals surface area contributed by atoms with Crippen molar-refractivity contribution in [1.29, 1.82) is 0 Å². The highest BCUT2D eigenvalue weighted by Gasteiger charge is 2.19. The highest BCUT2D eigenvalue weighted by atomic mass is 16.5. The van der Waals surface area contributed by atoms with Gasteiger partial charge in [0.05, 0.1) is 19.2 Å². The molecule has 0 aliphatic carbocycles. The quantitative estimate of drug-likeness (QED) is 0.731. The molecule has 0 bridgehead atoms. The standard InChI is InChI=1S/C20H22N2O5/c1-13(20(25)22-17-6-4-5-7-18(17)26-3)27-19(24)12-15-8-10-16(11-9-15)21-14(2)23/h4-11,13H,12H2,1-3H3,(H,21,23)(H,22,25)/t13-/m1/s1. The molecular formula is C20H22N2O5. The Balaban J connectivity index is 1.89. The zero-order valence-corrected chi connectivity index (χ0v) is 15.4. The first-order valence-electron chi connectivity index (χ1n) is 8.39. The first-order chi connectivity index (χ1) is 12.9. The number of nitrogens with one attached hydrogen (secondary N) is 2. The number of methoxy groups -OCH3 is 1. The van der Waals surface area contributed by atoms with Crippen LogP contribution in [0.1, 0.15) is 19.4 Å². The predicted molar refractivity (Wildman–Crippen MR) is 102 cm³/mol. The monoisotopic (exact) mass is 370 g/mol. The van der Waals surface area contributed by atoms with E-state index < -0.39 is 18.0 Å². The van der Waals surface area contributed by atoms with Gasteiger partial charge >= 0.3 is 5.97 Å². The van der Waals surface area contributed by atoms with Gasteiger partial charge in [-0.15, -0.1) is 0 Å². The summed E-state index contributed by atoms with van der Waals surface area (Å²) >= 11 is 0. The highest BCUT2D eigenvalue weighted by Crippen LogP contribution is 2.23. The lowest BCUT2D eigenvalue weighted by Gasteiger charge is -2.15. The second-order valence-corrected chi connectivity index (χ2v) is 5.88. The van der Waals surface area contributed by atoms with Gasteiger partial charge in [0, 0.05) is 12.6 Å². The van der Waals surface area contributed by atoms with Gasteiger partial charge in [-0.3, -0.25) is 14.4 Å². The fourth-order valence-electron chi connectivity index (χ4n) is 2.35. The predicted octanol–water partition coefficient (Wildman–Crippen LogP) is 2.77. The molecule has 0 saturated carbocycles. The van der Waals surface area contributed by atoms with Gasteiger partial charge in [-0.1, -0.05) is 24.3 Å². The van der Waals surface area contributed by atoms with Crippen molar-refractivity contribution in [3.8, 4) is 5.75 Å². The molecule has 0 heterocycles. The minimum absolute atomic E-state index is 0.0205. The summed E-state index contributed by atoms with van der Waals surface area (Å²) < 4.78 is 10.4. The molecule has 0 aliphatic heterocycles. The Morgan fingerprint density at radius 3 is 2.30 bits per heavy atom. The van der Waals surface area contributed by atoms with Crippen LogP contribution in [0, 0.1) is 0 Å². The van der Waals surface area contributed by atoms with Crippen LogP contribution in [0.2, 0.25) is 0 Å². The number of anilines is 2. The van der Waals surface area contributed by atoms with Crippen molar-refractivity contribution < 1.29 is 23.9 Å². The molecule has 1 atom stereocenters. The average molecular weight is 370 g/mol. The lowest BCUT2D eigenvalue weighted by molar-refractivity contribution is -0.152. The number of ether oxygens (including phenoxy) is 2. The minimum atomic E-state index is -0.957. The van der Waals surface area contributed by atoms with Crippen LogP contribution < -0.4 is 15.4 Å². The van der Waals surface area contributed by atoms with Crippen molar-refractivity contribution in [3.05, 3.63) is 54.1 Å². The van der Waals surface area contributed by atoms with E-state index in [0.717, 1.165) is 0 Å². The molecule has 0 radical (unpaired) electrons. The number of hydrogen-bond donors (Lipinski definition) is 2. The molecular weight excluding hydrogens is 348 g/mol. The Morgan fingerprint density at radius 2 is 1.67 bits per heavy atom. The summed E-state index contributed by atoms with van der Waals surface area (Å²) in [6.45, 7) is 2.92. The van der Waals surface area contributed by atoms with Crippen molar-refractivity contribution in [2.24, 2.45) is 0 Å². The molecule has 0 spiro atoms. The van der Waals surface area contributed by atoms with E-state index in [-0.39, 0.29) is 12.3 Å². The number of para-hydroxylation sites is 2. The first-order valence-corrected chi connectivity index (χ1v) is 8.39. The zero-order valence-electron chi connectivity index (χ0n) is 15.4. The van der Waals surface area contributed by atoms with Crippen LogP contribution in [0.4, 0.5) is 11.4 Å². The van der Waals surface area contributed by atoms with Gasteiger partial charge in [-0.25, -0.2) is 0 Å². The molecule has 2 rings (SSSR count). The Kier molecular flexibility index (Phi) is 6.93. The molecule has 0 saturated heterocycles. The molecule has 142 valence electrons. The van der Waals surface area contributed by atoms with E-state index in [2.05, 4.69) is 10.6 Å². The largest absolute Gasteiger partial charge is 0.495 e. The summed E-state index contributed by atoms with van der Waals surface area (Å²) in [4.78, 5) is 35.3. The Morgan fingerprint density at radius 1 is 1.00 bits per heavy atom. The van der Waals surface area contributed by atoms with E-state index in [1.807, 2.05) is 0 Å². The van der Waals surface area contributed by atoms with Crippen molar-refractivity contribution in [3.63, 3.8) is 0 Å². The summed E-state index contributed by atoms with van der Waals surface area (Å²) in [6.07, 6.45) is -0.937. The van der Waals surface area contributed by atoms with Crippen molar-refractivity contribution >= 4 is 29.2 Å². The van der Waals surface area contributed by atoms with Gasteiger partial charge < -0.3 is 20.1 Å². The van der Waals surface area contributed by atoms with Gasteiger partial charge in [-0.2, -0.15) is 0 Å². The molecule has 0 aliphatic rings. The molecule has 2 amide bonds. The molecule has 27 heavy (non-hydrogen) atoms. The molecule has 2 aromatic carbocycles. The van der Waals surface area contributed by atoms with Gasteiger partial charge in [0.25, 0.3) is 5.91 Å². The van der Waals surface area contributed by atoms with Crippen molar-refractivity contribution in [1.82, 2.24) is 0 Å². The maximum Gasteiger partial charge on any atom is 0.311 e. The third kappa shape index (κ3) is 6.14. The van der Waals surface area contributed by atoms with Crippen LogP contribution >= 0.6 is 0 Å². The zero-order chi connectivity index (χ0) is 19.8. The van der Waals surface area contributed by atoms with Crippen LogP contribution in [0.25, 0.3) is 0 Å². The average Bonchev–Trinajstić information content (AvgIpc) is 2.63. The van der Waals surface area contributed by atoms with Gasteiger partial charge in [-0.05, 0) is 36.8 Å². The summed E-state index contributed by atoms with van der Waals surface area (Å²) in [6, 6.07) is 13.8. The van der Waals surface area contributed by atoms with Crippen LogP contribution in [0.15, 0.2) is 48.5 Å². The third-order valence-electron chi connectivity index (χ3n) is 3.67. The summed E-state index contributed by atoms with van der Waals surface area (Å²) in [5, 5.41) is 5.32. The van der Waals surface area contributed by atoms with E-state index in [4.69, 9.17) is 9.47 Å². The van der Waals surface area contributed by atoms with E-state index >= 15 is 0 Å². The van der Waals surface area contributed by atoms with Crippen molar-refractivity contribution in [2.45, 2.75) is 26.4 Å². The van der Waals surface area contributed by atoms with Gasteiger partial charge in [0.2, 0.25) is 5.91 Å². The fraction of sp³-hybridized carbons (Fsp3) is 0.250. The second kappa shape index (κ2) is 9.38. The van der Waals surface area contributed by atoms with Gasteiger partial charge in [0.15, 0.2) is 6.10 Å². The fourth-order valence-corrected chi connectivity index (χ4v) is 2.35. The number of amides is 2. The Hall–Kier alpha value is -3.35. The van der Waals surface area contributed by atoms with E-state index in [1.165, 1.54) is 21.0 Å². The van der Waals surface area contributed by atoms with Crippen molar-refractivity contribution in [2.75, 3.05) is 17.7 Å². The van der Waals surface area contributed by atoms with Crippen LogP contribution in [0.5, 0.6) is 5.75 Å². The molecule has 0 unspecified atom stereocenters. The minimum Gasteiger partial charge on any atom is -0.495 e. The van der Waals surface area contributed by atoms with E-state index in [1.54, 1.807) is 48.5 Å². The molecule has 2 aromatic rings. The number of hydrogen-bond acceptors (Lipinski definition) is 5. The second-order valence-electron chi connectivity index (χ2n) is 5.88. The number of benzene rings is 2. The maximum atomic E-state index is 12.2. The SMILES string of the molecule is COc1ccccc1NC(=O)[C@@H](C)OC(=O)Cc1ccc(NC(C)=O)cc1. The summed E-state index contributed by atoms with van der Waals surface area (Å²) in [5.74, 6) is -0.625. The Labute approximate surface area is 157 Å². The maximum absolute atomic E-state index is 12.2. The summed E-state index contributed by atoms with van der Waals surface area (Å²) in [7, 11) is 1.51. The summed E-state index contributed by atoms with van der Waals surface area (Å²) in [5.41, 5.74) is 1.86. The molecule has 7 heteroatoms. The lowest BCUT2D eigenvalue weighted by atomic mass is 10.1. The number of esters is 1. The number of rotatable bonds is 7. The van der Waals surface area contributed by atoms with Gasteiger partial charge in [0.1, 0.15) is 5.75 Å². The van der Waals surface area contributed by atoms with Crippen LogP contribution in [-0.4, -0.2) is 31.0 Å². The highest BCUT2D eigenvalue weighted by molar-refractivity contribution is 5.96. The number of carbonyl (C=O) groups is 3. The van der Waals surface area contributed by atoms with Crippen LogP contribution in [-0.2, 0) is 25.5 Å². The number of carbonyl (C=O) groups excluding carboxylic acids is 3. The first kappa shape index (κ1) is 20.0. The topological polar surface area (TPSA) is 93.7 Å². The molecule has 0 fully saturated rings. The van der Waals surface area contributed by atoms with E-state index in [9.17, 15) is 14.4 Å². The lowest BCUT2D eigenvalue weighted by Crippen LogP contribution is -2.30. The third-order valence-corrected chi connectivity index (χ3v) is 3.67. The Bertz CT molecular complexity index is 817. The normalized spacial score (nSPS) is 11.2. The van der Waals surface area contributed by atoms with E-state index in [0.29, 0.717) is 22.7 Å².